The summed E-state index contributed by atoms with van der Waals surface area (Å²) in [7, 11) is 1.56. The average Bonchev–Trinajstić information content (AvgIpc) is 3.39. The summed E-state index contributed by atoms with van der Waals surface area (Å²) in [6.45, 7) is 2.61. The van der Waals surface area contributed by atoms with Gasteiger partial charge >= 0.3 is 5.97 Å². The average molecular weight is 480 g/mol. The lowest BCUT2D eigenvalue weighted by Crippen LogP contribution is -2.10. The molecule has 1 aliphatic rings. The highest BCUT2D eigenvalue weighted by Crippen LogP contribution is 2.35. The number of carbonyl (C=O) groups is 1. The highest BCUT2D eigenvalue weighted by molar-refractivity contribution is 7.09. The van der Waals surface area contributed by atoms with Gasteiger partial charge in [-0.05, 0) is 60.6 Å². The molecule has 1 fully saturated rings. The molecule has 0 bridgehead atoms. The van der Waals surface area contributed by atoms with Gasteiger partial charge in [0.25, 0.3) is 0 Å². The fourth-order valence-electron chi connectivity index (χ4n) is 4.92. The van der Waals surface area contributed by atoms with E-state index >= 15 is 0 Å². The first kappa shape index (κ1) is 24.4. The Kier molecular flexibility index (Phi) is 8.35. The van der Waals surface area contributed by atoms with Crippen molar-refractivity contribution in [2.24, 2.45) is 5.92 Å². The van der Waals surface area contributed by atoms with Gasteiger partial charge in [-0.15, -0.1) is 11.3 Å². The SMILES string of the molecule is COc1cc(C(=O)O)ccc1-c1ccc(COC(CCC2CCCCC2)c2cncs2)cc1C. The Hall–Kier alpha value is -2.70. The minimum atomic E-state index is -0.965. The molecule has 1 unspecified atom stereocenters. The molecule has 34 heavy (non-hydrogen) atoms. The first-order valence-corrected chi connectivity index (χ1v) is 12.9. The van der Waals surface area contributed by atoms with E-state index in [1.54, 1.807) is 30.6 Å². The van der Waals surface area contributed by atoms with Crippen LogP contribution in [0.5, 0.6) is 5.75 Å². The number of ether oxygens (including phenoxy) is 2. The van der Waals surface area contributed by atoms with E-state index in [1.165, 1.54) is 43.4 Å². The normalized spacial score (nSPS) is 15.2. The Balaban J connectivity index is 1.45. The van der Waals surface area contributed by atoms with E-state index in [0.717, 1.165) is 34.6 Å². The summed E-state index contributed by atoms with van der Waals surface area (Å²) in [5, 5.41) is 9.27. The molecule has 2 aromatic carbocycles. The summed E-state index contributed by atoms with van der Waals surface area (Å²) in [6, 6.07) is 11.3. The molecule has 4 rings (SSSR count). The van der Waals surface area contributed by atoms with E-state index < -0.39 is 5.97 Å². The predicted molar refractivity (Wildman–Crippen MR) is 136 cm³/mol. The van der Waals surface area contributed by atoms with Crippen molar-refractivity contribution >= 4 is 17.3 Å². The number of aromatic nitrogens is 1. The van der Waals surface area contributed by atoms with Crippen molar-refractivity contribution in [1.82, 2.24) is 4.98 Å². The zero-order valence-electron chi connectivity index (χ0n) is 20.0. The Morgan fingerprint density at radius 1 is 1.15 bits per heavy atom. The third-order valence-corrected chi connectivity index (χ3v) is 7.68. The van der Waals surface area contributed by atoms with Gasteiger partial charge in [0.05, 0.1) is 35.8 Å². The van der Waals surface area contributed by atoms with Gasteiger partial charge in [-0.1, -0.05) is 50.3 Å². The Morgan fingerprint density at radius 2 is 1.94 bits per heavy atom. The number of methoxy groups -OCH3 is 1. The van der Waals surface area contributed by atoms with Crippen LogP contribution in [-0.4, -0.2) is 23.2 Å². The first-order chi connectivity index (χ1) is 16.5. The zero-order chi connectivity index (χ0) is 23.9. The minimum Gasteiger partial charge on any atom is -0.496 e. The van der Waals surface area contributed by atoms with E-state index in [-0.39, 0.29) is 11.7 Å². The number of aryl methyl sites for hydroxylation is 1. The van der Waals surface area contributed by atoms with E-state index in [9.17, 15) is 9.90 Å². The molecular weight excluding hydrogens is 446 g/mol. The largest absolute Gasteiger partial charge is 0.496 e. The lowest BCUT2D eigenvalue weighted by Gasteiger charge is -2.24. The van der Waals surface area contributed by atoms with Crippen molar-refractivity contribution in [3.63, 3.8) is 0 Å². The predicted octanol–water partition coefficient (Wildman–Crippen LogP) is 7.44. The maximum absolute atomic E-state index is 11.3. The highest BCUT2D eigenvalue weighted by Gasteiger charge is 2.20. The molecule has 3 aromatic rings. The molecule has 0 spiro atoms. The third-order valence-electron chi connectivity index (χ3n) is 6.81. The summed E-state index contributed by atoms with van der Waals surface area (Å²) in [4.78, 5) is 16.8. The maximum Gasteiger partial charge on any atom is 0.335 e. The van der Waals surface area contributed by atoms with E-state index in [1.807, 2.05) is 17.8 Å². The van der Waals surface area contributed by atoms with E-state index in [2.05, 4.69) is 30.1 Å². The number of carboxylic acid groups (broad SMARTS) is 1. The number of thiazole rings is 1. The molecule has 1 atom stereocenters. The molecular formula is C28H33NO4S. The zero-order valence-corrected chi connectivity index (χ0v) is 20.8. The van der Waals surface area contributed by atoms with Crippen LogP contribution in [0.15, 0.2) is 48.1 Å². The summed E-state index contributed by atoms with van der Waals surface area (Å²) >= 11 is 1.67. The van der Waals surface area contributed by atoms with Gasteiger partial charge in [-0.2, -0.15) is 0 Å². The molecule has 1 aromatic heterocycles. The number of nitrogens with zero attached hydrogens (tertiary/aromatic N) is 1. The van der Waals surface area contributed by atoms with Crippen LogP contribution in [0.3, 0.4) is 0 Å². The van der Waals surface area contributed by atoms with Crippen molar-refractivity contribution in [3.8, 4) is 16.9 Å². The van der Waals surface area contributed by atoms with Crippen molar-refractivity contribution in [2.75, 3.05) is 7.11 Å². The quantitative estimate of drug-likeness (QED) is 0.327. The second kappa shape index (κ2) is 11.6. The van der Waals surface area contributed by atoms with Crippen molar-refractivity contribution < 1.29 is 19.4 Å². The van der Waals surface area contributed by atoms with Crippen LogP contribution in [0.2, 0.25) is 0 Å². The third kappa shape index (κ3) is 6.05. The molecule has 0 aliphatic heterocycles. The highest BCUT2D eigenvalue weighted by atomic mass is 32.1. The lowest BCUT2D eigenvalue weighted by molar-refractivity contribution is 0.0306. The fraction of sp³-hybridized carbons (Fsp3) is 0.429. The van der Waals surface area contributed by atoms with Gasteiger partial charge in [-0.25, -0.2) is 4.79 Å². The molecule has 1 saturated carbocycles. The van der Waals surface area contributed by atoms with Gasteiger partial charge in [0.2, 0.25) is 0 Å². The number of aromatic carboxylic acids is 1. The Morgan fingerprint density at radius 3 is 2.62 bits per heavy atom. The standard InChI is InChI=1S/C28H33NO4S/c1-19-14-21(8-11-23(19)24-12-10-22(28(30)31)15-26(24)32-2)17-33-25(27-16-29-18-34-27)13-9-20-6-4-3-5-7-20/h8,10-12,14-16,18,20,25H,3-7,9,13,17H2,1-2H3,(H,30,31). The minimum absolute atomic E-state index is 0.0815. The molecule has 1 N–H and O–H groups in total. The summed E-state index contributed by atoms with van der Waals surface area (Å²) in [6.07, 6.45) is 11.1. The molecule has 6 heteroatoms. The van der Waals surface area contributed by atoms with Crippen LogP contribution in [0.1, 0.15) is 77.4 Å². The van der Waals surface area contributed by atoms with Gasteiger partial charge < -0.3 is 14.6 Å². The van der Waals surface area contributed by atoms with E-state index in [0.29, 0.717) is 12.4 Å². The van der Waals surface area contributed by atoms with Crippen LogP contribution in [0.25, 0.3) is 11.1 Å². The molecule has 5 nitrogen and oxygen atoms in total. The number of benzene rings is 2. The van der Waals surface area contributed by atoms with Crippen LogP contribution in [0, 0.1) is 12.8 Å². The Labute approximate surface area is 205 Å². The maximum atomic E-state index is 11.3. The monoisotopic (exact) mass is 479 g/mol. The Bertz CT molecular complexity index is 1090. The first-order valence-electron chi connectivity index (χ1n) is 12.1. The fourth-order valence-corrected chi connectivity index (χ4v) is 5.62. The molecule has 1 heterocycles. The summed E-state index contributed by atoms with van der Waals surface area (Å²) in [5.74, 6) is 0.421. The molecule has 0 radical (unpaired) electrons. The van der Waals surface area contributed by atoms with Crippen LogP contribution in [0.4, 0.5) is 0 Å². The number of hydrogen-bond acceptors (Lipinski definition) is 5. The van der Waals surface area contributed by atoms with Crippen LogP contribution in [-0.2, 0) is 11.3 Å². The molecule has 0 amide bonds. The number of carboxylic acids is 1. The number of rotatable bonds is 10. The van der Waals surface area contributed by atoms with Crippen LogP contribution < -0.4 is 4.74 Å². The number of hydrogen-bond donors (Lipinski definition) is 1. The van der Waals surface area contributed by atoms with Gasteiger partial charge in [0, 0.05) is 11.8 Å². The lowest BCUT2D eigenvalue weighted by atomic mass is 9.85. The smallest absolute Gasteiger partial charge is 0.335 e. The van der Waals surface area contributed by atoms with Gasteiger partial charge in [0.1, 0.15) is 5.75 Å². The van der Waals surface area contributed by atoms with Crippen molar-refractivity contribution in [3.05, 3.63) is 69.7 Å². The summed E-state index contributed by atoms with van der Waals surface area (Å²) < 4.78 is 11.9. The second-order valence-electron chi connectivity index (χ2n) is 9.15. The molecule has 180 valence electrons. The van der Waals surface area contributed by atoms with Crippen LogP contribution >= 0.6 is 11.3 Å². The van der Waals surface area contributed by atoms with Gasteiger partial charge in [-0.3, -0.25) is 4.98 Å². The molecule has 0 saturated heterocycles. The second-order valence-corrected chi connectivity index (χ2v) is 10.1. The van der Waals surface area contributed by atoms with E-state index in [4.69, 9.17) is 9.47 Å². The van der Waals surface area contributed by atoms with Crippen molar-refractivity contribution in [2.45, 2.75) is 64.6 Å². The molecule has 1 aliphatic carbocycles. The topological polar surface area (TPSA) is 68.7 Å². The van der Waals surface area contributed by atoms with Crippen molar-refractivity contribution in [1.29, 1.82) is 0 Å². The summed E-state index contributed by atoms with van der Waals surface area (Å²) in [5.41, 5.74) is 6.22. The van der Waals surface area contributed by atoms with Gasteiger partial charge in [0.15, 0.2) is 0 Å².